The van der Waals surface area contributed by atoms with Crippen LogP contribution in [0.1, 0.15) is 36.8 Å². The van der Waals surface area contributed by atoms with Crippen molar-refractivity contribution in [3.63, 3.8) is 0 Å². The number of anilines is 1. The van der Waals surface area contributed by atoms with Gasteiger partial charge < -0.3 is 14.5 Å². The van der Waals surface area contributed by atoms with Gasteiger partial charge in [0, 0.05) is 45.0 Å². The van der Waals surface area contributed by atoms with Gasteiger partial charge in [0.2, 0.25) is 0 Å². The molecular formula is C29H29F6N5O5S. The summed E-state index contributed by atoms with van der Waals surface area (Å²) in [5, 5.41) is 15.4. The zero-order valence-corrected chi connectivity index (χ0v) is 25.0. The first kappa shape index (κ1) is 33.4. The van der Waals surface area contributed by atoms with E-state index in [1.165, 1.54) is 24.3 Å². The van der Waals surface area contributed by atoms with Gasteiger partial charge in [-0.05, 0) is 61.3 Å². The van der Waals surface area contributed by atoms with E-state index >= 15 is 0 Å². The number of oxime groups is 1. The largest absolute Gasteiger partial charge is 0.573 e. The van der Waals surface area contributed by atoms with E-state index in [-0.39, 0.29) is 28.1 Å². The molecule has 2 heterocycles. The van der Waals surface area contributed by atoms with E-state index in [2.05, 4.69) is 19.8 Å². The van der Waals surface area contributed by atoms with E-state index in [1.54, 1.807) is 6.21 Å². The van der Waals surface area contributed by atoms with E-state index in [1.807, 2.05) is 4.90 Å². The van der Waals surface area contributed by atoms with Crippen LogP contribution in [0.5, 0.6) is 5.75 Å². The van der Waals surface area contributed by atoms with Gasteiger partial charge in [0.15, 0.2) is 5.13 Å². The second kappa shape index (κ2) is 13.8. The normalized spacial score (nSPS) is 19.9. The molecule has 1 aromatic heterocycles. The van der Waals surface area contributed by atoms with Crippen molar-refractivity contribution in [2.75, 3.05) is 37.6 Å². The third-order valence-electron chi connectivity index (χ3n) is 8.00. The van der Waals surface area contributed by atoms with E-state index in [9.17, 15) is 41.3 Å². The molecule has 5 rings (SSSR count). The highest BCUT2D eigenvalue weighted by Gasteiger charge is 2.35. The number of hydrogen-bond acceptors (Lipinski definition) is 10. The van der Waals surface area contributed by atoms with Crippen LogP contribution in [-0.2, 0) is 17.6 Å². The summed E-state index contributed by atoms with van der Waals surface area (Å²) < 4.78 is 80.3. The van der Waals surface area contributed by atoms with Gasteiger partial charge in [-0.3, -0.25) is 19.8 Å². The molecule has 1 saturated heterocycles. The standard InChI is InChI=1S/C29H29F6N5O5S/c30-28(31,32)21-13-23-25(24(14-21)40(42)43)46-27(37-26(23)41)39-11-9-38(10-12-39)16-19-3-1-18(2-4-19)15-36-44-17-20-5-7-22(8-6-20)45-29(33,34)35/h5-8,13-15,18-19H,1-4,9-12,16-17H2. The van der Waals surface area contributed by atoms with Crippen LogP contribution in [-0.4, -0.2) is 60.1 Å². The topological polar surface area (TPSA) is 110 Å². The lowest BCUT2D eigenvalue weighted by atomic mass is 9.82. The lowest BCUT2D eigenvalue weighted by Gasteiger charge is -2.38. The number of piperazine rings is 1. The Balaban J connectivity index is 1.07. The predicted molar refractivity (Wildman–Crippen MR) is 158 cm³/mol. The minimum absolute atomic E-state index is 0.117. The first-order valence-corrected chi connectivity index (χ1v) is 15.2. The Hall–Kier alpha value is -3.99. The highest BCUT2D eigenvalue weighted by molar-refractivity contribution is 7.22. The van der Waals surface area contributed by atoms with Crippen molar-refractivity contribution in [3.05, 3.63) is 68.0 Å². The van der Waals surface area contributed by atoms with Crippen LogP contribution >= 0.6 is 11.3 Å². The van der Waals surface area contributed by atoms with Gasteiger partial charge in [-0.15, -0.1) is 13.2 Å². The first-order valence-electron chi connectivity index (χ1n) is 14.4. The number of alkyl halides is 6. The van der Waals surface area contributed by atoms with E-state index in [0.717, 1.165) is 43.6 Å². The summed E-state index contributed by atoms with van der Waals surface area (Å²) in [6, 6.07) is 6.45. The molecule has 2 fully saturated rings. The number of nitro benzene ring substituents is 1. The first-order chi connectivity index (χ1) is 21.7. The van der Waals surface area contributed by atoms with Gasteiger partial charge in [0.1, 0.15) is 17.1 Å². The molecule has 0 amide bonds. The smallest absolute Gasteiger partial charge is 0.406 e. The van der Waals surface area contributed by atoms with Gasteiger partial charge in [0.25, 0.3) is 11.2 Å². The molecule has 0 spiro atoms. The van der Waals surface area contributed by atoms with Crippen LogP contribution in [0.3, 0.4) is 0 Å². The molecule has 17 heteroatoms. The maximum atomic E-state index is 13.3. The van der Waals surface area contributed by atoms with Crippen molar-refractivity contribution in [2.24, 2.45) is 17.0 Å². The number of halogens is 6. The van der Waals surface area contributed by atoms with Crippen LogP contribution in [0.2, 0.25) is 0 Å². The molecule has 1 aliphatic carbocycles. The maximum absolute atomic E-state index is 13.3. The highest BCUT2D eigenvalue weighted by atomic mass is 32.1. The van der Waals surface area contributed by atoms with Crippen LogP contribution in [0, 0.1) is 22.0 Å². The lowest BCUT2D eigenvalue weighted by molar-refractivity contribution is -0.383. The quantitative estimate of drug-likeness (QED) is 0.108. The van der Waals surface area contributed by atoms with Gasteiger partial charge >= 0.3 is 12.5 Å². The minimum Gasteiger partial charge on any atom is -0.406 e. The molecule has 0 N–H and O–H groups in total. The highest BCUT2D eigenvalue weighted by Crippen LogP contribution is 2.38. The molecule has 0 bridgehead atoms. The minimum atomic E-state index is -4.84. The number of nitrogens with zero attached hydrogens (tertiary/aromatic N) is 5. The van der Waals surface area contributed by atoms with E-state index in [4.69, 9.17) is 4.84 Å². The maximum Gasteiger partial charge on any atom is 0.573 e. The number of ether oxygens (including phenoxy) is 1. The summed E-state index contributed by atoms with van der Waals surface area (Å²) >= 11 is 0.850. The van der Waals surface area contributed by atoms with Crippen molar-refractivity contribution in [1.82, 2.24) is 9.88 Å². The van der Waals surface area contributed by atoms with Crippen molar-refractivity contribution >= 4 is 38.5 Å². The zero-order valence-electron chi connectivity index (χ0n) is 24.2. The third kappa shape index (κ3) is 8.63. The molecule has 10 nitrogen and oxygen atoms in total. The summed E-state index contributed by atoms with van der Waals surface area (Å²) in [5.41, 5.74) is -2.31. The van der Waals surface area contributed by atoms with Gasteiger partial charge in [-0.2, -0.15) is 18.2 Å². The predicted octanol–water partition coefficient (Wildman–Crippen LogP) is 6.61. The second-order valence-corrected chi connectivity index (χ2v) is 12.2. The molecule has 0 atom stereocenters. The van der Waals surface area contributed by atoms with Crippen LogP contribution in [0.15, 0.2) is 46.3 Å². The van der Waals surface area contributed by atoms with Crippen LogP contribution in [0.4, 0.5) is 37.2 Å². The monoisotopic (exact) mass is 673 g/mol. The number of benzene rings is 2. The fourth-order valence-corrected chi connectivity index (χ4v) is 6.73. The van der Waals surface area contributed by atoms with Crippen molar-refractivity contribution in [3.8, 4) is 5.75 Å². The Morgan fingerprint density at radius 2 is 1.70 bits per heavy atom. The molecule has 1 aliphatic heterocycles. The number of fused-ring (bicyclic) bond motifs is 1. The third-order valence-corrected chi connectivity index (χ3v) is 9.16. The molecule has 0 radical (unpaired) electrons. The number of hydrogen-bond donors (Lipinski definition) is 0. The van der Waals surface area contributed by atoms with Gasteiger partial charge in [-0.1, -0.05) is 28.6 Å². The molecule has 0 unspecified atom stereocenters. The van der Waals surface area contributed by atoms with Crippen molar-refractivity contribution in [1.29, 1.82) is 0 Å². The average Bonchev–Trinajstić information content (AvgIpc) is 2.99. The second-order valence-electron chi connectivity index (χ2n) is 11.2. The average molecular weight is 674 g/mol. The number of aromatic nitrogens is 1. The molecule has 46 heavy (non-hydrogen) atoms. The van der Waals surface area contributed by atoms with Crippen molar-refractivity contribution < 1.29 is 40.8 Å². The lowest BCUT2D eigenvalue weighted by Crippen LogP contribution is -2.48. The number of nitro groups is 1. The summed E-state index contributed by atoms with van der Waals surface area (Å²) in [4.78, 5) is 36.8. The summed E-state index contributed by atoms with van der Waals surface area (Å²) in [7, 11) is 0. The fraction of sp³-hybridized carbons (Fsp3) is 0.483. The molecule has 248 valence electrons. The fourth-order valence-electron chi connectivity index (χ4n) is 5.61. The molecule has 2 aliphatic rings. The number of non-ortho nitro benzene ring substituents is 1. The van der Waals surface area contributed by atoms with Gasteiger partial charge in [-0.25, -0.2) is 0 Å². The van der Waals surface area contributed by atoms with Gasteiger partial charge in [0.05, 0.1) is 15.9 Å². The molecule has 1 saturated carbocycles. The number of rotatable bonds is 9. The molecule has 2 aromatic carbocycles. The molecular weight excluding hydrogens is 644 g/mol. The summed E-state index contributed by atoms with van der Waals surface area (Å²) in [6.45, 7) is 3.38. The summed E-state index contributed by atoms with van der Waals surface area (Å²) in [5.74, 6) is 0.434. The Labute approximate surface area is 262 Å². The van der Waals surface area contributed by atoms with E-state index in [0.29, 0.717) is 49.8 Å². The Kier molecular flexibility index (Phi) is 10.0. The van der Waals surface area contributed by atoms with E-state index < -0.39 is 39.7 Å². The van der Waals surface area contributed by atoms with Crippen LogP contribution in [0.25, 0.3) is 10.1 Å². The molecule has 3 aromatic rings. The SMILES string of the molecule is O=c1nc(N2CCN(CC3CCC(C=NOCc4ccc(OC(F)(F)F)cc4)CC3)CC2)sc2c([N+](=O)[O-])cc(C(F)(F)F)cc12. The van der Waals surface area contributed by atoms with Crippen molar-refractivity contribution in [2.45, 2.75) is 44.8 Å². The summed E-state index contributed by atoms with van der Waals surface area (Å²) in [6.07, 6.45) is -3.95. The Morgan fingerprint density at radius 3 is 2.30 bits per heavy atom. The van der Waals surface area contributed by atoms with Crippen LogP contribution < -0.4 is 15.2 Å². The Bertz CT molecular complexity index is 1620. The zero-order chi connectivity index (χ0) is 33.1. The Morgan fingerprint density at radius 1 is 1.02 bits per heavy atom.